The molecule has 1 N–H and O–H groups in total. The van der Waals surface area contributed by atoms with Gasteiger partial charge < -0.3 is 5.32 Å². The van der Waals surface area contributed by atoms with Gasteiger partial charge in [0, 0.05) is 13.1 Å². The summed E-state index contributed by atoms with van der Waals surface area (Å²) in [6.07, 6.45) is 4.40. The third-order valence-corrected chi connectivity index (χ3v) is 4.24. The van der Waals surface area contributed by atoms with E-state index in [-0.39, 0.29) is 17.4 Å². The van der Waals surface area contributed by atoms with Crippen molar-refractivity contribution in [1.29, 1.82) is 0 Å². The van der Waals surface area contributed by atoms with Gasteiger partial charge in [-0.1, -0.05) is 26.7 Å². The predicted molar refractivity (Wildman–Crippen MR) is 73.3 cm³/mol. The van der Waals surface area contributed by atoms with Gasteiger partial charge in [0.15, 0.2) is 0 Å². The SMILES string of the molecule is C[C@H]1[C@H](C)CCC[C@@H]1NC(=O)c1nn(C)cc1[N+](=O)[O-]. The fourth-order valence-corrected chi connectivity index (χ4v) is 2.79. The Hall–Kier alpha value is -1.92. The van der Waals surface area contributed by atoms with E-state index >= 15 is 0 Å². The lowest BCUT2D eigenvalue weighted by atomic mass is 9.78. The van der Waals surface area contributed by atoms with Crippen LogP contribution in [0.2, 0.25) is 0 Å². The van der Waals surface area contributed by atoms with Crippen LogP contribution in [-0.4, -0.2) is 26.7 Å². The molecule has 0 saturated heterocycles. The van der Waals surface area contributed by atoms with E-state index in [9.17, 15) is 14.9 Å². The van der Waals surface area contributed by atoms with E-state index in [0.29, 0.717) is 11.8 Å². The first-order chi connectivity index (χ1) is 9.40. The van der Waals surface area contributed by atoms with Gasteiger partial charge in [-0.2, -0.15) is 5.10 Å². The highest BCUT2D eigenvalue weighted by Crippen LogP contribution is 2.30. The van der Waals surface area contributed by atoms with Crippen LogP contribution in [0.1, 0.15) is 43.6 Å². The number of aromatic nitrogens is 2. The van der Waals surface area contributed by atoms with Crippen LogP contribution in [0.5, 0.6) is 0 Å². The van der Waals surface area contributed by atoms with Crippen LogP contribution in [0.25, 0.3) is 0 Å². The van der Waals surface area contributed by atoms with Crippen LogP contribution in [0, 0.1) is 22.0 Å². The highest BCUT2D eigenvalue weighted by molar-refractivity contribution is 5.96. The second kappa shape index (κ2) is 5.60. The van der Waals surface area contributed by atoms with Crippen LogP contribution in [0.15, 0.2) is 6.20 Å². The number of nitrogens with zero attached hydrogens (tertiary/aromatic N) is 3. The van der Waals surface area contributed by atoms with E-state index in [4.69, 9.17) is 0 Å². The lowest BCUT2D eigenvalue weighted by molar-refractivity contribution is -0.385. The summed E-state index contributed by atoms with van der Waals surface area (Å²) in [7, 11) is 1.56. The summed E-state index contributed by atoms with van der Waals surface area (Å²) in [5.41, 5.74) is -0.357. The van der Waals surface area contributed by atoms with Crippen LogP contribution in [-0.2, 0) is 7.05 Å². The first-order valence-electron chi connectivity index (χ1n) is 6.89. The molecule has 7 heteroatoms. The molecule has 1 heterocycles. The second-order valence-corrected chi connectivity index (χ2v) is 5.64. The number of aryl methyl sites for hydroxylation is 1. The average Bonchev–Trinajstić information content (AvgIpc) is 2.77. The van der Waals surface area contributed by atoms with Crippen molar-refractivity contribution >= 4 is 11.6 Å². The molecule has 7 nitrogen and oxygen atoms in total. The maximum Gasteiger partial charge on any atom is 0.320 e. The molecule has 1 saturated carbocycles. The molecule has 0 aromatic carbocycles. The van der Waals surface area contributed by atoms with E-state index in [1.165, 1.54) is 10.9 Å². The molecule has 20 heavy (non-hydrogen) atoms. The van der Waals surface area contributed by atoms with Crippen molar-refractivity contribution in [2.24, 2.45) is 18.9 Å². The topological polar surface area (TPSA) is 90.1 Å². The Morgan fingerprint density at radius 3 is 2.85 bits per heavy atom. The minimum atomic E-state index is -0.575. The fourth-order valence-electron chi connectivity index (χ4n) is 2.79. The quantitative estimate of drug-likeness (QED) is 0.676. The Balaban J connectivity index is 2.14. The molecule has 3 atom stereocenters. The van der Waals surface area contributed by atoms with E-state index in [0.717, 1.165) is 19.3 Å². The Morgan fingerprint density at radius 2 is 2.20 bits per heavy atom. The number of carbonyl (C=O) groups is 1. The Kier molecular flexibility index (Phi) is 4.06. The van der Waals surface area contributed by atoms with Crippen LogP contribution >= 0.6 is 0 Å². The van der Waals surface area contributed by atoms with Crippen molar-refractivity contribution in [3.8, 4) is 0 Å². The van der Waals surface area contributed by atoms with E-state index in [1.807, 2.05) is 0 Å². The molecule has 1 aliphatic rings. The minimum absolute atomic E-state index is 0.0628. The minimum Gasteiger partial charge on any atom is -0.347 e. The number of nitrogens with one attached hydrogen (secondary N) is 1. The molecule has 1 aromatic rings. The summed E-state index contributed by atoms with van der Waals surface area (Å²) < 4.78 is 1.29. The third-order valence-electron chi connectivity index (χ3n) is 4.24. The van der Waals surface area contributed by atoms with Crippen molar-refractivity contribution in [2.75, 3.05) is 0 Å². The maximum atomic E-state index is 12.2. The third kappa shape index (κ3) is 2.81. The molecule has 1 aromatic heterocycles. The van der Waals surface area contributed by atoms with E-state index in [1.54, 1.807) is 7.05 Å². The average molecular weight is 280 g/mol. The van der Waals surface area contributed by atoms with Crippen molar-refractivity contribution < 1.29 is 9.72 Å². The molecule has 0 bridgehead atoms. The molecular weight excluding hydrogens is 260 g/mol. The fraction of sp³-hybridized carbons (Fsp3) is 0.692. The Labute approximate surface area is 117 Å². The number of carbonyl (C=O) groups excluding carboxylic acids is 1. The van der Waals surface area contributed by atoms with Gasteiger partial charge in [-0.3, -0.25) is 19.6 Å². The first kappa shape index (κ1) is 14.5. The van der Waals surface area contributed by atoms with Gasteiger partial charge >= 0.3 is 5.69 Å². The predicted octanol–water partition coefficient (Wildman–Crippen LogP) is 1.88. The highest BCUT2D eigenvalue weighted by atomic mass is 16.6. The zero-order valence-corrected chi connectivity index (χ0v) is 12.0. The number of hydrogen-bond donors (Lipinski definition) is 1. The molecule has 1 amide bonds. The number of nitro groups is 1. The molecule has 0 spiro atoms. The molecule has 2 rings (SSSR count). The van der Waals surface area contributed by atoms with Crippen LogP contribution in [0.3, 0.4) is 0 Å². The number of hydrogen-bond acceptors (Lipinski definition) is 4. The van der Waals surface area contributed by atoms with E-state index in [2.05, 4.69) is 24.3 Å². The van der Waals surface area contributed by atoms with Crippen molar-refractivity contribution in [3.63, 3.8) is 0 Å². The second-order valence-electron chi connectivity index (χ2n) is 5.64. The maximum absolute atomic E-state index is 12.2. The van der Waals surface area contributed by atoms with Gasteiger partial charge in [0.1, 0.15) is 6.20 Å². The summed E-state index contributed by atoms with van der Waals surface area (Å²) in [5, 5.41) is 17.7. The van der Waals surface area contributed by atoms with Crippen molar-refractivity contribution in [2.45, 2.75) is 39.2 Å². The van der Waals surface area contributed by atoms with Crippen molar-refractivity contribution in [3.05, 3.63) is 22.0 Å². The van der Waals surface area contributed by atoms with Crippen LogP contribution in [0.4, 0.5) is 5.69 Å². The first-order valence-corrected chi connectivity index (χ1v) is 6.89. The van der Waals surface area contributed by atoms with Gasteiger partial charge in [0.05, 0.1) is 4.92 Å². The number of amides is 1. The summed E-state index contributed by atoms with van der Waals surface area (Å²) >= 11 is 0. The largest absolute Gasteiger partial charge is 0.347 e. The molecule has 0 radical (unpaired) electrons. The molecular formula is C13H20N4O3. The molecule has 1 fully saturated rings. The highest BCUT2D eigenvalue weighted by Gasteiger charge is 2.31. The lowest BCUT2D eigenvalue weighted by Gasteiger charge is -2.34. The van der Waals surface area contributed by atoms with Crippen LogP contribution < -0.4 is 5.32 Å². The molecule has 0 unspecified atom stereocenters. The zero-order chi connectivity index (χ0) is 14.9. The lowest BCUT2D eigenvalue weighted by Crippen LogP contribution is -2.44. The number of rotatable bonds is 3. The monoisotopic (exact) mass is 280 g/mol. The zero-order valence-electron chi connectivity index (χ0n) is 12.0. The summed E-state index contributed by atoms with van der Waals surface area (Å²) in [6.45, 7) is 4.29. The Morgan fingerprint density at radius 1 is 1.50 bits per heavy atom. The normalized spacial score (nSPS) is 26.2. The van der Waals surface area contributed by atoms with Gasteiger partial charge in [0.25, 0.3) is 5.91 Å². The van der Waals surface area contributed by atoms with Gasteiger partial charge in [0.2, 0.25) is 5.69 Å². The van der Waals surface area contributed by atoms with Gasteiger partial charge in [-0.25, -0.2) is 0 Å². The summed E-state index contributed by atoms with van der Waals surface area (Å²) in [4.78, 5) is 22.6. The van der Waals surface area contributed by atoms with Gasteiger partial charge in [-0.05, 0) is 18.3 Å². The van der Waals surface area contributed by atoms with E-state index < -0.39 is 10.8 Å². The molecule has 1 aliphatic carbocycles. The standard InChI is InChI=1S/C13H20N4O3/c1-8-5-4-6-10(9(8)2)14-13(18)12-11(17(19)20)7-16(3)15-12/h7-10H,4-6H2,1-3H3,(H,14,18)/t8-,9+,10+/m1/s1. The summed E-state index contributed by atoms with van der Waals surface area (Å²) in [5.74, 6) is 0.464. The summed E-state index contributed by atoms with van der Waals surface area (Å²) in [6, 6.07) is 0.0628. The van der Waals surface area contributed by atoms with Gasteiger partial charge in [-0.15, -0.1) is 0 Å². The molecule has 110 valence electrons. The van der Waals surface area contributed by atoms with Crippen molar-refractivity contribution in [1.82, 2.24) is 15.1 Å². The Bertz CT molecular complexity index is 526. The molecule has 0 aliphatic heterocycles. The smallest absolute Gasteiger partial charge is 0.320 e.